The lowest BCUT2D eigenvalue weighted by atomic mass is 10.1. The summed E-state index contributed by atoms with van der Waals surface area (Å²) in [6.45, 7) is -2.75. The van der Waals surface area contributed by atoms with Gasteiger partial charge >= 0.3 is 12.7 Å². The highest BCUT2D eigenvalue weighted by Gasteiger charge is 2.30. The van der Waals surface area contributed by atoms with E-state index in [4.69, 9.17) is 0 Å². The zero-order valence-electron chi connectivity index (χ0n) is 17.7. The SMILES string of the molecule is O=C(Cc1ccc(-c2cnc(Nc3cnn(C(F)F)c3)nc2)cc1)Nc1cc(C(F)(F)F)ccn1. The van der Waals surface area contributed by atoms with Crippen LogP contribution in [0.3, 0.4) is 0 Å². The molecule has 2 N–H and O–H groups in total. The molecule has 35 heavy (non-hydrogen) atoms. The number of alkyl halides is 5. The van der Waals surface area contributed by atoms with Gasteiger partial charge in [0.1, 0.15) is 5.82 Å². The van der Waals surface area contributed by atoms with Crippen LogP contribution in [0.25, 0.3) is 11.1 Å². The molecule has 0 aliphatic carbocycles. The highest BCUT2D eigenvalue weighted by molar-refractivity contribution is 5.91. The van der Waals surface area contributed by atoms with Gasteiger partial charge in [-0.05, 0) is 23.3 Å². The molecular formula is C22H16F5N7O. The van der Waals surface area contributed by atoms with Gasteiger partial charge in [0.05, 0.1) is 30.1 Å². The van der Waals surface area contributed by atoms with Crippen LogP contribution >= 0.6 is 0 Å². The lowest BCUT2D eigenvalue weighted by Crippen LogP contribution is -2.16. The summed E-state index contributed by atoms with van der Waals surface area (Å²) in [4.78, 5) is 24.3. The Morgan fingerprint density at radius 3 is 2.31 bits per heavy atom. The molecule has 3 aromatic heterocycles. The number of anilines is 3. The van der Waals surface area contributed by atoms with Crippen LogP contribution < -0.4 is 10.6 Å². The number of pyridine rings is 1. The van der Waals surface area contributed by atoms with Gasteiger partial charge in [-0.15, -0.1) is 0 Å². The van der Waals surface area contributed by atoms with Crippen LogP contribution in [-0.2, 0) is 17.4 Å². The van der Waals surface area contributed by atoms with Gasteiger partial charge in [-0.2, -0.15) is 27.1 Å². The first-order chi connectivity index (χ1) is 16.7. The third-order valence-electron chi connectivity index (χ3n) is 4.72. The van der Waals surface area contributed by atoms with Crippen molar-refractivity contribution in [1.82, 2.24) is 24.7 Å². The average Bonchev–Trinajstić information content (AvgIpc) is 3.29. The summed E-state index contributed by atoms with van der Waals surface area (Å²) in [5, 5.41) is 8.64. The number of nitrogens with one attached hydrogen (secondary N) is 2. The Morgan fingerprint density at radius 1 is 0.971 bits per heavy atom. The Kier molecular flexibility index (Phi) is 6.66. The highest BCUT2D eigenvalue weighted by atomic mass is 19.4. The van der Waals surface area contributed by atoms with Crippen LogP contribution in [0, 0.1) is 0 Å². The van der Waals surface area contributed by atoms with Gasteiger partial charge in [0.2, 0.25) is 11.9 Å². The van der Waals surface area contributed by atoms with Crippen LogP contribution in [0.5, 0.6) is 0 Å². The number of carbonyl (C=O) groups is 1. The Labute approximate surface area is 194 Å². The Balaban J connectivity index is 1.35. The van der Waals surface area contributed by atoms with Crippen LogP contribution in [0.15, 0.2) is 67.4 Å². The van der Waals surface area contributed by atoms with Crippen molar-refractivity contribution in [3.05, 3.63) is 78.5 Å². The number of hydrogen-bond donors (Lipinski definition) is 2. The maximum atomic E-state index is 12.8. The average molecular weight is 489 g/mol. The predicted molar refractivity (Wildman–Crippen MR) is 116 cm³/mol. The Morgan fingerprint density at radius 2 is 1.69 bits per heavy atom. The summed E-state index contributed by atoms with van der Waals surface area (Å²) in [7, 11) is 0. The second-order valence-corrected chi connectivity index (χ2v) is 7.26. The molecule has 3 heterocycles. The second-order valence-electron chi connectivity index (χ2n) is 7.26. The lowest BCUT2D eigenvalue weighted by molar-refractivity contribution is -0.137. The molecular weight excluding hydrogens is 473 g/mol. The van der Waals surface area contributed by atoms with Crippen molar-refractivity contribution in [2.75, 3.05) is 10.6 Å². The fourth-order valence-electron chi connectivity index (χ4n) is 3.04. The molecule has 4 rings (SSSR count). The van der Waals surface area contributed by atoms with E-state index in [0.717, 1.165) is 30.1 Å². The van der Waals surface area contributed by atoms with E-state index in [1.165, 1.54) is 18.6 Å². The van der Waals surface area contributed by atoms with E-state index in [-0.39, 0.29) is 18.2 Å². The topological polar surface area (TPSA) is 97.6 Å². The molecule has 8 nitrogen and oxygen atoms in total. The van der Waals surface area contributed by atoms with Crippen molar-refractivity contribution in [2.24, 2.45) is 0 Å². The van der Waals surface area contributed by atoms with Gasteiger partial charge in [-0.25, -0.2) is 19.6 Å². The molecule has 0 atom stereocenters. The molecule has 13 heteroatoms. The van der Waals surface area contributed by atoms with Gasteiger partial charge in [0, 0.05) is 24.2 Å². The zero-order valence-corrected chi connectivity index (χ0v) is 17.7. The predicted octanol–water partition coefficient (Wildman–Crippen LogP) is 5.07. The maximum absolute atomic E-state index is 12.8. The van der Waals surface area contributed by atoms with E-state index < -0.39 is 24.2 Å². The van der Waals surface area contributed by atoms with Crippen LogP contribution in [0.2, 0.25) is 0 Å². The zero-order chi connectivity index (χ0) is 25.0. The van der Waals surface area contributed by atoms with Crippen molar-refractivity contribution >= 4 is 23.4 Å². The van der Waals surface area contributed by atoms with Crippen LogP contribution in [-0.4, -0.2) is 30.6 Å². The van der Waals surface area contributed by atoms with Crippen molar-refractivity contribution in [2.45, 2.75) is 19.1 Å². The molecule has 1 amide bonds. The number of halogens is 5. The molecule has 0 radical (unpaired) electrons. The van der Waals surface area contributed by atoms with Crippen molar-refractivity contribution < 1.29 is 26.7 Å². The molecule has 1 aromatic carbocycles. The number of nitrogens with zero attached hydrogens (tertiary/aromatic N) is 5. The summed E-state index contributed by atoms with van der Waals surface area (Å²) in [5.74, 6) is -0.508. The van der Waals surface area contributed by atoms with Crippen molar-refractivity contribution in [1.29, 1.82) is 0 Å². The third-order valence-corrected chi connectivity index (χ3v) is 4.72. The van der Waals surface area contributed by atoms with Gasteiger partial charge in [-0.3, -0.25) is 4.79 Å². The van der Waals surface area contributed by atoms with E-state index in [1.54, 1.807) is 24.3 Å². The molecule has 0 saturated heterocycles. The summed E-state index contributed by atoms with van der Waals surface area (Å²) < 4.78 is 64.1. The molecule has 180 valence electrons. The first-order valence-electron chi connectivity index (χ1n) is 10.0. The minimum absolute atomic E-state index is 0.0656. The van der Waals surface area contributed by atoms with Gasteiger partial charge in [0.15, 0.2) is 0 Å². The molecule has 0 fully saturated rings. The molecule has 0 bridgehead atoms. The number of hydrogen-bond acceptors (Lipinski definition) is 6. The quantitative estimate of drug-likeness (QED) is 0.352. The van der Waals surface area contributed by atoms with E-state index in [9.17, 15) is 26.7 Å². The van der Waals surface area contributed by atoms with Crippen LogP contribution in [0.1, 0.15) is 17.7 Å². The largest absolute Gasteiger partial charge is 0.416 e. The molecule has 0 aliphatic rings. The fraction of sp³-hybridized carbons (Fsp3) is 0.136. The van der Waals surface area contributed by atoms with Crippen LogP contribution in [0.4, 0.5) is 39.4 Å². The monoisotopic (exact) mass is 489 g/mol. The van der Waals surface area contributed by atoms with E-state index >= 15 is 0 Å². The highest BCUT2D eigenvalue weighted by Crippen LogP contribution is 2.30. The summed E-state index contributed by atoms with van der Waals surface area (Å²) in [5.41, 5.74) is 1.46. The lowest BCUT2D eigenvalue weighted by Gasteiger charge is -2.09. The molecule has 0 aliphatic heterocycles. The standard InChI is InChI=1S/C22H16F5N7O/c23-20(24)34-12-17(11-31-34)32-21-29-9-15(10-30-21)14-3-1-13(2-4-14)7-19(35)33-18-8-16(5-6-28-18)22(25,26)27/h1-6,8-12,20H,7H2,(H,28,33,35)(H,29,30,32). The molecule has 0 unspecified atom stereocenters. The Bertz CT molecular complexity index is 1310. The summed E-state index contributed by atoms with van der Waals surface area (Å²) in [6, 6.07) is 8.46. The van der Waals surface area contributed by atoms with E-state index in [0.29, 0.717) is 21.5 Å². The van der Waals surface area contributed by atoms with Crippen molar-refractivity contribution in [3.63, 3.8) is 0 Å². The number of amides is 1. The maximum Gasteiger partial charge on any atom is 0.416 e. The van der Waals surface area contributed by atoms with E-state index in [2.05, 4.69) is 30.7 Å². The van der Waals surface area contributed by atoms with Gasteiger partial charge in [-0.1, -0.05) is 24.3 Å². The molecule has 0 spiro atoms. The normalized spacial score (nSPS) is 11.5. The molecule has 0 saturated carbocycles. The second kappa shape index (κ2) is 9.83. The van der Waals surface area contributed by atoms with E-state index in [1.807, 2.05) is 0 Å². The van der Waals surface area contributed by atoms with Gasteiger partial charge in [0.25, 0.3) is 0 Å². The molecule has 4 aromatic rings. The number of aromatic nitrogens is 5. The number of rotatable bonds is 7. The minimum Gasteiger partial charge on any atom is -0.321 e. The Hall–Kier alpha value is -4.42. The minimum atomic E-state index is -4.53. The first-order valence-corrected chi connectivity index (χ1v) is 10.0. The third kappa shape index (κ3) is 6.13. The number of carbonyl (C=O) groups excluding carboxylic acids is 1. The van der Waals surface area contributed by atoms with Gasteiger partial charge < -0.3 is 10.6 Å². The smallest absolute Gasteiger partial charge is 0.321 e. The van der Waals surface area contributed by atoms with Crippen molar-refractivity contribution in [3.8, 4) is 11.1 Å². The first kappa shape index (κ1) is 23.7. The fourth-order valence-corrected chi connectivity index (χ4v) is 3.04. The summed E-state index contributed by atoms with van der Waals surface area (Å²) in [6.07, 6.45) is 1.80. The number of benzene rings is 1. The summed E-state index contributed by atoms with van der Waals surface area (Å²) >= 11 is 0.